The molecule has 0 radical (unpaired) electrons. The molecule has 3 aromatic rings. The van der Waals surface area contributed by atoms with Crippen molar-refractivity contribution in [3.05, 3.63) is 52.0 Å². The summed E-state index contributed by atoms with van der Waals surface area (Å²) in [6, 6.07) is 5.90. The molecular weight excluding hydrogens is 481 g/mol. The van der Waals surface area contributed by atoms with Crippen LogP contribution in [0.15, 0.2) is 30.3 Å². The second-order valence-corrected chi connectivity index (χ2v) is 9.59. The van der Waals surface area contributed by atoms with Gasteiger partial charge in [0.2, 0.25) is 0 Å². The van der Waals surface area contributed by atoms with Crippen molar-refractivity contribution in [2.24, 2.45) is 0 Å². The molecule has 0 aliphatic heterocycles. The van der Waals surface area contributed by atoms with Crippen LogP contribution in [0.25, 0.3) is 10.2 Å². The van der Waals surface area contributed by atoms with E-state index in [9.17, 15) is 23.1 Å². The van der Waals surface area contributed by atoms with Gasteiger partial charge in [-0.05, 0) is 51.1 Å². The summed E-state index contributed by atoms with van der Waals surface area (Å²) < 4.78 is 50.1. The fraction of sp³-hybridized carbons (Fsp3) is 0.364. The molecular formula is C22H22ClF3N2O4S. The lowest BCUT2D eigenvalue weighted by Gasteiger charge is -2.19. The number of ether oxygens (including phenoxy) is 2. The minimum absolute atomic E-state index is 0.00152. The number of thiazole rings is 1. The van der Waals surface area contributed by atoms with Gasteiger partial charge in [0.25, 0.3) is 5.91 Å². The summed E-state index contributed by atoms with van der Waals surface area (Å²) >= 11 is 6.99. The molecule has 178 valence electrons. The molecule has 0 aliphatic carbocycles. The summed E-state index contributed by atoms with van der Waals surface area (Å²) in [4.78, 5) is 16.9. The van der Waals surface area contributed by atoms with Crippen molar-refractivity contribution < 1.29 is 32.5 Å². The molecule has 0 aliphatic rings. The maximum absolute atomic E-state index is 12.9. The van der Waals surface area contributed by atoms with Crippen molar-refractivity contribution in [1.82, 2.24) is 4.98 Å². The molecule has 0 saturated carbocycles. The van der Waals surface area contributed by atoms with Crippen molar-refractivity contribution in [1.29, 1.82) is 0 Å². The van der Waals surface area contributed by atoms with Gasteiger partial charge in [-0.3, -0.25) is 10.1 Å². The number of benzene rings is 2. The molecule has 0 atom stereocenters. The zero-order valence-corrected chi connectivity index (χ0v) is 19.6. The van der Waals surface area contributed by atoms with E-state index in [1.54, 1.807) is 0 Å². The van der Waals surface area contributed by atoms with E-state index >= 15 is 0 Å². The number of aromatic hydroxyl groups is 1. The first kappa shape index (κ1) is 25.2. The predicted octanol–water partition coefficient (Wildman–Crippen LogP) is 6.26. The van der Waals surface area contributed by atoms with Crippen LogP contribution in [0, 0.1) is 0 Å². The zero-order valence-electron chi connectivity index (χ0n) is 18.0. The lowest BCUT2D eigenvalue weighted by molar-refractivity contribution is -0.137. The summed E-state index contributed by atoms with van der Waals surface area (Å²) in [6.45, 7) is 6.38. The number of hydrogen-bond acceptors (Lipinski definition) is 6. The Hall–Kier alpha value is -2.40. The summed E-state index contributed by atoms with van der Waals surface area (Å²) in [5.74, 6) is -1.02. The monoisotopic (exact) mass is 502 g/mol. The molecule has 6 nitrogen and oxygen atoms in total. The number of anilines is 1. The van der Waals surface area contributed by atoms with Gasteiger partial charge in [0, 0.05) is 10.6 Å². The van der Waals surface area contributed by atoms with Crippen molar-refractivity contribution in [3.63, 3.8) is 0 Å². The van der Waals surface area contributed by atoms with Crippen molar-refractivity contribution in [2.75, 3.05) is 18.5 Å². The van der Waals surface area contributed by atoms with Gasteiger partial charge in [-0.2, -0.15) is 13.2 Å². The zero-order chi connectivity index (χ0) is 24.4. The normalized spacial score (nSPS) is 12.3. The largest absolute Gasteiger partial charge is 0.507 e. The van der Waals surface area contributed by atoms with Gasteiger partial charge in [0.1, 0.15) is 5.75 Å². The number of nitrogens with one attached hydrogen (secondary N) is 1. The number of nitrogens with zero attached hydrogens (tertiary/aromatic N) is 1. The minimum Gasteiger partial charge on any atom is -0.507 e. The molecule has 1 amide bonds. The second kappa shape index (κ2) is 9.84. The lowest BCUT2D eigenvalue weighted by atomic mass is 10.1. The Bertz CT molecular complexity index is 1160. The molecule has 3 rings (SSSR count). The van der Waals surface area contributed by atoms with Gasteiger partial charge < -0.3 is 14.6 Å². The molecule has 0 saturated heterocycles. The fourth-order valence-electron chi connectivity index (χ4n) is 2.85. The number of carbonyl (C=O) groups excluding carboxylic acids is 1. The van der Waals surface area contributed by atoms with Crippen molar-refractivity contribution in [2.45, 2.75) is 39.2 Å². The number of amides is 1. The molecule has 33 heavy (non-hydrogen) atoms. The van der Waals surface area contributed by atoms with E-state index < -0.39 is 17.6 Å². The SMILES string of the molecule is CC(C)(C)OCCOCc1cc(Cl)cc(C(=O)Nc2nc3ccc(C(F)(F)F)cc3s2)c1O. The van der Waals surface area contributed by atoms with E-state index in [0.29, 0.717) is 17.7 Å². The third kappa shape index (κ3) is 6.80. The highest BCUT2D eigenvalue weighted by atomic mass is 35.5. The van der Waals surface area contributed by atoms with E-state index in [2.05, 4.69) is 10.3 Å². The van der Waals surface area contributed by atoms with Gasteiger partial charge in [-0.1, -0.05) is 22.9 Å². The summed E-state index contributed by atoms with van der Waals surface area (Å²) in [6.07, 6.45) is -4.48. The standard InChI is InChI=1S/C22H22ClF3N2O4S/c1-21(2,3)32-7-6-31-11-12-8-14(23)10-15(18(12)29)19(30)28-20-27-16-5-4-13(22(24,25)26)9-17(16)33-20/h4-5,8-10,29H,6-7,11H2,1-3H3,(H,27,28,30). The topological polar surface area (TPSA) is 80.7 Å². The molecule has 0 spiro atoms. The molecule has 0 fully saturated rings. The first-order valence-electron chi connectivity index (χ1n) is 9.86. The number of phenols is 1. The third-order valence-corrected chi connectivity index (χ3v) is 5.51. The summed E-state index contributed by atoms with van der Waals surface area (Å²) in [5, 5.41) is 13.3. The minimum atomic E-state index is -4.48. The Kier molecular flexibility index (Phi) is 7.52. The van der Waals surface area contributed by atoms with Crippen LogP contribution in [0.3, 0.4) is 0 Å². The average Bonchev–Trinajstić information content (AvgIpc) is 3.09. The number of alkyl halides is 3. The van der Waals surface area contributed by atoms with Crippen LogP contribution in [0.4, 0.5) is 18.3 Å². The third-order valence-electron chi connectivity index (χ3n) is 4.35. The van der Waals surface area contributed by atoms with Crippen molar-refractivity contribution in [3.8, 4) is 5.75 Å². The number of halogens is 4. The van der Waals surface area contributed by atoms with Gasteiger partial charge in [-0.15, -0.1) is 0 Å². The Morgan fingerprint density at radius 1 is 1.18 bits per heavy atom. The first-order valence-corrected chi connectivity index (χ1v) is 11.1. The maximum atomic E-state index is 12.9. The van der Waals surface area contributed by atoms with Crippen LogP contribution in [0.5, 0.6) is 5.75 Å². The van der Waals surface area contributed by atoms with E-state index in [4.69, 9.17) is 21.1 Å². The molecule has 0 bridgehead atoms. The predicted molar refractivity (Wildman–Crippen MR) is 121 cm³/mol. The molecule has 1 heterocycles. The van der Waals surface area contributed by atoms with Crippen LogP contribution >= 0.6 is 22.9 Å². The number of rotatable bonds is 7. The number of hydrogen-bond donors (Lipinski definition) is 2. The van der Waals surface area contributed by atoms with Gasteiger partial charge in [0.05, 0.1) is 46.8 Å². The Morgan fingerprint density at radius 2 is 1.91 bits per heavy atom. The quantitative estimate of drug-likeness (QED) is 0.373. The van der Waals surface area contributed by atoms with Crippen LogP contribution in [-0.4, -0.2) is 34.8 Å². The molecule has 2 aromatic carbocycles. The van der Waals surface area contributed by atoms with Crippen LogP contribution in [0.2, 0.25) is 5.02 Å². The second-order valence-electron chi connectivity index (χ2n) is 8.13. The number of carbonyl (C=O) groups is 1. The van der Waals surface area contributed by atoms with Gasteiger partial charge in [-0.25, -0.2) is 4.98 Å². The number of phenolic OH excluding ortho intramolecular Hbond substituents is 1. The average molecular weight is 503 g/mol. The lowest BCUT2D eigenvalue weighted by Crippen LogP contribution is -2.21. The summed E-state index contributed by atoms with van der Waals surface area (Å²) in [7, 11) is 0. The van der Waals surface area contributed by atoms with Gasteiger partial charge >= 0.3 is 6.18 Å². The van der Waals surface area contributed by atoms with Crippen LogP contribution in [-0.2, 0) is 22.3 Å². The smallest absolute Gasteiger partial charge is 0.416 e. The summed E-state index contributed by atoms with van der Waals surface area (Å²) in [5.41, 5.74) is -0.599. The molecule has 2 N–H and O–H groups in total. The molecule has 0 unspecified atom stereocenters. The van der Waals surface area contributed by atoms with Gasteiger partial charge in [0.15, 0.2) is 5.13 Å². The Balaban J connectivity index is 1.72. The Morgan fingerprint density at radius 3 is 2.58 bits per heavy atom. The van der Waals surface area contributed by atoms with E-state index in [0.717, 1.165) is 23.5 Å². The van der Waals surface area contributed by atoms with E-state index in [-0.39, 0.29) is 45.0 Å². The highest BCUT2D eigenvalue weighted by Gasteiger charge is 2.31. The highest BCUT2D eigenvalue weighted by Crippen LogP contribution is 2.35. The highest BCUT2D eigenvalue weighted by molar-refractivity contribution is 7.22. The van der Waals surface area contributed by atoms with E-state index in [1.807, 2.05) is 20.8 Å². The van der Waals surface area contributed by atoms with Crippen molar-refractivity contribution >= 4 is 44.2 Å². The Labute approximate surface area is 197 Å². The maximum Gasteiger partial charge on any atom is 0.416 e. The number of aromatic nitrogens is 1. The number of fused-ring (bicyclic) bond motifs is 1. The fourth-order valence-corrected chi connectivity index (χ4v) is 3.99. The molecule has 1 aromatic heterocycles. The first-order chi connectivity index (χ1) is 15.3. The van der Waals surface area contributed by atoms with Crippen LogP contribution in [0.1, 0.15) is 42.3 Å². The molecule has 11 heteroatoms. The van der Waals surface area contributed by atoms with Crippen LogP contribution < -0.4 is 5.32 Å². The van der Waals surface area contributed by atoms with E-state index in [1.165, 1.54) is 18.2 Å².